The summed E-state index contributed by atoms with van der Waals surface area (Å²) in [6, 6.07) is 12.3. The van der Waals surface area contributed by atoms with Crippen molar-refractivity contribution in [2.45, 2.75) is 47.5 Å². The van der Waals surface area contributed by atoms with Crippen molar-refractivity contribution in [2.24, 2.45) is 0 Å². The third-order valence-electron chi connectivity index (χ3n) is 12.2. The maximum absolute atomic E-state index is 7.36. The van der Waals surface area contributed by atoms with E-state index in [1.165, 1.54) is 98.7 Å². The molecule has 3 heterocycles. The van der Waals surface area contributed by atoms with Gasteiger partial charge in [-0.3, -0.25) is 0 Å². The molecule has 0 N–H and O–H groups in total. The molecule has 3 nitrogen and oxygen atoms in total. The maximum Gasteiger partial charge on any atom is 0.169 e. The molecule has 3 heteroatoms. The van der Waals surface area contributed by atoms with E-state index >= 15 is 0 Å². The van der Waals surface area contributed by atoms with Gasteiger partial charge in [-0.15, -0.1) is 0 Å². The van der Waals surface area contributed by atoms with E-state index in [2.05, 4.69) is 36.4 Å². The number of epoxide rings is 3. The van der Waals surface area contributed by atoms with E-state index in [0.29, 0.717) is 0 Å². The molecule has 35 heavy (non-hydrogen) atoms. The molecule has 5 aromatic rings. The fourth-order valence-corrected chi connectivity index (χ4v) is 11.6. The SMILES string of the molecule is C1=C2Cc3cc4ccc5cc6c7c8c(cc9c%10c8c8c%11c7c5c4c-%11c3C23OC83C%102OC12C1OC91)C6. The van der Waals surface area contributed by atoms with Gasteiger partial charge in [0.25, 0.3) is 0 Å². The average molecular weight is 444 g/mol. The van der Waals surface area contributed by atoms with Crippen molar-refractivity contribution in [2.75, 3.05) is 0 Å². The molecular weight excluding hydrogens is 432 g/mol. The van der Waals surface area contributed by atoms with E-state index in [9.17, 15) is 0 Å². The first-order valence-electron chi connectivity index (χ1n) is 13.1. The Morgan fingerprint density at radius 2 is 1.51 bits per heavy atom. The van der Waals surface area contributed by atoms with Crippen LogP contribution in [0.15, 0.2) is 42.0 Å². The topological polar surface area (TPSA) is 37.6 Å². The molecule has 15 rings (SSSR count). The third-order valence-corrected chi connectivity index (χ3v) is 12.2. The Morgan fingerprint density at radius 3 is 2.49 bits per heavy atom. The van der Waals surface area contributed by atoms with Crippen LogP contribution in [-0.2, 0) is 43.9 Å². The first-order chi connectivity index (χ1) is 17.3. The lowest BCUT2D eigenvalue weighted by Gasteiger charge is -2.33. The zero-order chi connectivity index (χ0) is 21.3. The largest absolute Gasteiger partial charge is 0.361 e. The van der Waals surface area contributed by atoms with Crippen molar-refractivity contribution >= 4 is 43.1 Å². The zero-order valence-corrected chi connectivity index (χ0v) is 18.3. The molecule has 3 fully saturated rings. The molecule has 3 spiro atoms. The molecule has 5 aromatic carbocycles. The van der Waals surface area contributed by atoms with Gasteiger partial charge in [-0.2, -0.15) is 0 Å². The summed E-state index contributed by atoms with van der Waals surface area (Å²) in [5.41, 5.74) is 13.3. The summed E-state index contributed by atoms with van der Waals surface area (Å²) in [7, 11) is 0. The minimum atomic E-state index is -0.407. The van der Waals surface area contributed by atoms with Crippen molar-refractivity contribution in [3.8, 4) is 11.1 Å². The number of rotatable bonds is 0. The van der Waals surface area contributed by atoms with Gasteiger partial charge in [0, 0.05) is 16.7 Å². The van der Waals surface area contributed by atoms with Gasteiger partial charge >= 0.3 is 0 Å². The molecule has 0 saturated carbocycles. The van der Waals surface area contributed by atoms with E-state index in [1.807, 2.05) is 0 Å². The summed E-state index contributed by atoms with van der Waals surface area (Å²) in [4.78, 5) is 0. The van der Waals surface area contributed by atoms with Gasteiger partial charge in [-0.25, -0.2) is 0 Å². The van der Waals surface area contributed by atoms with Gasteiger partial charge in [0.15, 0.2) is 22.4 Å². The molecule has 6 unspecified atom stereocenters. The Kier molecular flexibility index (Phi) is 1.33. The monoisotopic (exact) mass is 444 g/mol. The van der Waals surface area contributed by atoms with Crippen LogP contribution < -0.4 is 0 Å². The Bertz CT molecular complexity index is 2340. The molecule has 0 amide bonds. The van der Waals surface area contributed by atoms with Crippen LogP contribution >= 0.6 is 0 Å². The molecular formula is C32H12O3. The molecule has 10 aliphatic rings. The molecule has 3 saturated heterocycles. The van der Waals surface area contributed by atoms with E-state index in [1.54, 1.807) is 0 Å². The molecule has 0 radical (unpaired) electrons. The summed E-state index contributed by atoms with van der Waals surface area (Å²) >= 11 is 0. The van der Waals surface area contributed by atoms with Crippen molar-refractivity contribution in [1.82, 2.24) is 0 Å². The highest BCUT2D eigenvalue weighted by Gasteiger charge is 3.03. The van der Waals surface area contributed by atoms with Gasteiger partial charge in [-0.1, -0.05) is 30.3 Å². The first-order valence-corrected chi connectivity index (χ1v) is 13.1. The van der Waals surface area contributed by atoms with E-state index in [0.717, 1.165) is 12.8 Å². The van der Waals surface area contributed by atoms with Gasteiger partial charge < -0.3 is 14.2 Å². The molecule has 0 aromatic heterocycles. The predicted molar refractivity (Wildman–Crippen MR) is 128 cm³/mol. The normalized spacial score (nSPS) is 42.9. The van der Waals surface area contributed by atoms with Crippen molar-refractivity contribution < 1.29 is 14.2 Å². The highest BCUT2D eigenvalue weighted by molar-refractivity contribution is 6.40. The van der Waals surface area contributed by atoms with E-state index < -0.39 is 11.2 Å². The summed E-state index contributed by atoms with van der Waals surface area (Å²) in [5, 5.41) is 11.8. The van der Waals surface area contributed by atoms with Gasteiger partial charge in [0.05, 0.1) is 0 Å². The Labute approximate surface area is 196 Å². The maximum atomic E-state index is 7.36. The number of benzene rings is 5. The van der Waals surface area contributed by atoms with Crippen LogP contribution in [0.1, 0.15) is 45.0 Å². The third kappa shape index (κ3) is 0.843. The molecule has 7 aliphatic carbocycles. The first kappa shape index (κ1) is 14.4. The fraction of sp³-hybridized carbons (Fsp3) is 0.250. The second-order valence-corrected chi connectivity index (χ2v) is 12.9. The summed E-state index contributed by atoms with van der Waals surface area (Å²) < 4.78 is 21.0. The van der Waals surface area contributed by atoms with E-state index in [4.69, 9.17) is 14.2 Å². The Balaban J connectivity index is 1.42. The minimum Gasteiger partial charge on any atom is -0.361 e. The molecule has 3 aliphatic heterocycles. The van der Waals surface area contributed by atoms with E-state index in [-0.39, 0.29) is 23.4 Å². The highest BCUT2D eigenvalue weighted by Crippen LogP contribution is 2.95. The van der Waals surface area contributed by atoms with Crippen LogP contribution in [0, 0.1) is 0 Å². The van der Waals surface area contributed by atoms with Crippen LogP contribution in [0.4, 0.5) is 0 Å². The van der Waals surface area contributed by atoms with Crippen molar-refractivity contribution in [3.05, 3.63) is 80.9 Å². The smallest absolute Gasteiger partial charge is 0.169 e. The molecule has 6 atom stereocenters. The molecule has 158 valence electrons. The quantitative estimate of drug-likeness (QED) is 0.175. The van der Waals surface area contributed by atoms with Crippen LogP contribution in [0.3, 0.4) is 0 Å². The Morgan fingerprint density at radius 1 is 0.686 bits per heavy atom. The van der Waals surface area contributed by atoms with Crippen molar-refractivity contribution in [3.63, 3.8) is 0 Å². The number of hydrogen-bond donors (Lipinski definition) is 0. The van der Waals surface area contributed by atoms with Gasteiger partial charge in [0.1, 0.15) is 12.2 Å². The van der Waals surface area contributed by atoms with Crippen LogP contribution in [-0.4, -0.2) is 11.7 Å². The van der Waals surface area contributed by atoms with Gasteiger partial charge in [-0.05, 0) is 101 Å². The average Bonchev–Trinajstić information content (AvgIpc) is 3.75. The zero-order valence-electron chi connectivity index (χ0n) is 18.3. The van der Waals surface area contributed by atoms with Crippen LogP contribution in [0.5, 0.6) is 0 Å². The number of ether oxygens (including phenoxy) is 3. The highest BCUT2D eigenvalue weighted by atomic mass is 16.7. The van der Waals surface area contributed by atoms with Crippen LogP contribution in [0.2, 0.25) is 0 Å². The number of hydrogen-bond acceptors (Lipinski definition) is 3. The lowest BCUT2D eigenvalue weighted by molar-refractivity contribution is 0.160. The lowest BCUT2D eigenvalue weighted by atomic mass is 9.59. The van der Waals surface area contributed by atoms with Gasteiger partial charge in [0.2, 0.25) is 0 Å². The van der Waals surface area contributed by atoms with Crippen LogP contribution in [0.25, 0.3) is 54.2 Å². The second-order valence-electron chi connectivity index (χ2n) is 12.9. The molecule has 0 bridgehead atoms. The summed E-state index contributed by atoms with van der Waals surface area (Å²) in [6.07, 6.45) is 4.81. The predicted octanol–water partition coefficient (Wildman–Crippen LogP) is 5.55. The lowest BCUT2D eigenvalue weighted by Crippen LogP contribution is -2.46. The standard InChI is InChI=1S/C32H12O3/c1-2-10-4-13-6-14-8-29-28-27(33-28)15-7-12-5-11-3-9(1)16-17(10)21-22-20(16)18(11)19(12)23-25(15)31(29,34-29)32(26(22)23)30(14,35-32)24(13)21/h1-4,7-8,27-28H,5-6H2. The second kappa shape index (κ2) is 3.24. The fourth-order valence-electron chi connectivity index (χ4n) is 11.6. The van der Waals surface area contributed by atoms with Crippen molar-refractivity contribution in [1.29, 1.82) is 0 Å². The minimum absolute atomic E-state index is 0.134. The Hall–Kier alpha value is -3.24. The summed E-state index contributed by atoms with van der Waals surface area (Å²) in [5.74, 6) is 0. The number of fused-ring (bicyclic) bond motifs is 2. The summed E-state index contributed by atoms with van der Waals surface area (Å²) in [6.45, 7) is 0.